The van der Waals surface area contributed by atoms with E-state index in [1.54, 1.807) is 0 Å². The van der Waals surface area contributed by atoms with Crippen LogP contribution in [0.5, 0.6) is 0 Å². The molecule has 12 aromatic rings. The van der Waals surface area contributed by atoms with E-state index < -0.39 is 0 Å². The molecule has 0 spiro atoms. The number of rotatable bonds is 5. The Morgan fingerprint density at radius 3 is 1.98 bits per heavy atom. The molecule has 8 aromatic carbocycles. The molecule has 0 aliphatic rings. The van der Waals surface area contributed by atoms with Gasteiger partial charge in [-0.3, -0.25) is 0 Å². The van der Waals surface area contributed by atoms with Crippen molar-refractivity contribution >= 4 is 76.5 Å². The summed E-state index contributed by atoms with van der Waals surface area (Å²) in [4.78, 5) is 5.26. The smallest absolute Gasteiger partial charge is 0.185 e. The Kier molecular flexibility index (Phi) is 6.30. The molecule has 4 aromatic heterocycles. The highest BCUT2D eigenvalue weighted by Crippen LogP contribution is 2.40. The predicted molar refractivity (Wildman–Crippen MR) is 223 cm³/mol. The zero-order valence-electron chi connectivity index (χ0n) is 29.5. The lowest BCUT2D eigenvalue weighted by atomic mass is 10.1. The molecular weight excluding hydrogens is 677 g/mol. The van der Waals surface area contributed by atoms with Crippen LogP contribution >= 0.6 is 0 Å². The molecule has 6 nitrogen and oxygen atoms in total. The quantitative estimate of drug-likeness (QED) is 0.179. The van der Waals surface area contributed by atoms with Crippen molar-refractivity contribution in [3.05, 3.63) is 175 Å². The first-order valence-corrected chi connectivity index (χ1v) is 18.5. The van der Waals surface area contributed by atoms with Gasteiger partial charge < -0.3 is 13.4 Å². The van der Waals surface area contributed by atoms with Gasteiger partial charge in [0, 0.05) is 43.9 Å². The molecule has 0 saturated heterocycles. The van der Waals surface area contributed by atoms with Crippen LogP contribution in [0.2, 0.25) is 0 Å². The number of aromatic nitrogens is 4. The normalized spacial score (nSPS) is 12.1. The SMILES string of the molecule is c1ccc(-c2nc(-c3cccc4c3oc3ccccc34)nn2Cc2cc3c(cc2-n2c4ccccc4c4cc5ccccc5cc42)oc2ccccc23)cc1. The summed E-state index contributed by atoms with van der Waals surface area (Å²) < 4.78 is 17.5. The average molecular weight is 707 g/mol. The van der Waals surface area contributed by atoms with Crippen molar-refractivity contribution in [3.63, 3.8) is 0 Å². The van der Waals surface area contributed by atoms with Crippen molar-refractivity contribution in [1.82, 2.24) is 19.3 Å². The van der Waals surface area contributed by atoms with Crippen LogP contribution in [0.3, 0.4) is 0 Å². The Hall–Kier alpha value is -7.44. The van der Waals surface area contributed by atoms with Crippen molar-refractivity contribution in [1.29, 1.82) is 0 Å². The predicted octanol–water partition coefficient (Wildman–Crippen LogP) is 12.7. The van der Waals surface area contributed by atoms with Crippen molar-refractivity contribution in [3.8, 4) is 28.5 Å². The fourth-order valence-corrected chi connectivity index (χ4v) is 8.51. The zero-order chi connectivity index (χ0) is 36.0. The van der Waals surface area contributed by atoms with E-state index in [2.05, 4.69) is 126 Å². The van der Waals surface area contributed by atoms with Crippen molar-refractivity contribution < 1.29 is 8.83 Å². The first-order valence-electron chi connectivity index (χ1n) is 18.5. The molecule has 0 aliphatic carbocycles. The van der Waals surface area contributed by atoms with Crippen LogP contribution in [0.25, 0.3) is 105 Å². The van der Waals surface area contributed by atoms with E-state index in [9.17, 15) is 0 Å². The van der Waals surface area contributed by atoms with Gasteiger partial charge in [0.05, 0.1) is 28.8 Å². The first-order chi connectivity index (χ1) is 27.2. The van der Waals surface area contributed by atoms with Crippen LogP contribution < -0.4 is 0 Å². The molecular formula is C49H30N4O2. The summed E-state index contributed by atoms with van der Waals surface area (Å²) in [6.07, 6.45) is 0. The van der Waals surface area contributed by atoms with Gasteiger partial charge in [0.25, 0.3) is 0 Å². The zero-order valence-corrected chi connectivity index (χ0v) is 29.5. The Morgan fingerprint density at radius 2 is 1.15 bits per heavy atom. The molecule has 55 heavy (non-hydrogen) atoms. The molecule has 0 saturated carbocycles. The molecule has 6 heteroatoms. The second-order valence-electron chi connectivity index (χ2n) is 14.2. The topological polar surface area (TPSA) is 61.9 Å². The molecule has 0 fully saturated rings. The molecule has 0 radical (unpaired) electrons. The Balaban J connectivity index is 1.13. The average Bonchev–Trinajstić information content (AvgIpc) is 4.00. The number of nitrogens with zero attached hydrogens (tertiary/aromatic N) is 4. The summed E-state index contributed by atoms with van der Waals surface area (Å²) in [6, 6.07) is 59.3. The highest BCUT2D eigenvalue weighted by atomic mass is 16.3. The van der Waals surface area contributed by atoms with Crippen molar-refractivity contribution in [2.24, 2.45) is 0 Å². The Bertz CT molecular complexity index is 3470. The number of hydrogen-bond acceptors (Lipinski definition) is 4. The maximum Gasteiger partial charge on any atom is 0.185 e. The highest BCUT2D eigenvalue weighted by Gasteiger charge is 2.23. The van der Waals surface area contributed by atoms with E-state index >= 15 is 0 Å². The molecule has 0 bridgehead atoms. The summed E-state index contributed by atoms with van der Waals surface area (Å²) in [7, 11) is 0. The maximum absolute atomic E-state index is 6.55. The molecule has 4 heterocycles. The minimum Gasteiger partial charge on any atom is -0.456 e. The van der Waals surface area contributed by atoms with Crippen molar-refractivity contribution in [2.45, 2.75) is 6.54 Å². The van der Waals surface area contributed by atoms with E-state index in [4.69, 9.17) is 18.9 Å². The third kappa shape index (κ3) is 4.55. The fourth-order valence-electron chi connectivity index (χ4n) is 8.51. The lowest BCUT2D eigenvalue weighted by Gasteiger charge is -2.15. The first kappa shape index (κ1) is 30.1. The second kappa shape index (κ2) is 11.5. The number of benzene rings is 8. The monoisotopic (exact) mass is 706 g/mol. The van der Waals surface area contributed by atoms with Crippen LogP contribution in [0.4, 0.5) is 0 Å². The van der Waals surface area contributed by atoms with Crippen LogP contribution in [0, 0.1) is 0 Å². The molecule has 12 rings (SSSR count). The Labute approximate surface area is 314 Å². The molecule has 0 unspecified atom stereocenters. The van der Waals surface area contributed by atoms with E-state index in [1.165, 1.54) is 21.5 Å². The molecule has 0 aliphatic heterocycles. The lowest BCUT2D eigenvalue weighted by Crippen LogP contribution is -2.08. The third-order valence-corrected chi connectivity index (χ3v) is 11.0. The van der Waals surface area contributed by atoms with Crippen LogP contribution in [0.1, 0.15) is 5.56 Å². The number of furan rings is 2. The number of fused-ring (bicyclic) bond motifs is 10. The van der Waals surface area contributed by atoms with Crippen molar-refractivity contribution in [2.75, 3.05) is 0 Å². The summed E-state index contributed by atoms with van der Waals surface area (Å²) in [5.41, 5.74) is 9.55. The largest absolute Gasteiger partial charge is 0.456 e. The van der Waals surface area contributed by atoms with Gasteiger partial charge in [-0.25, -0.2) is 9.67 Å². The maximum atomic E-state index is 6.55. The summed E-state index contributed by atoms with van der Waals surface area (Å²) in [5.74, 6) is 1.39. The highest BCUT2D eigenvalue weighted by molar-refractivity contribution is 6.14. The van der Waals surface area contributed by atoms with Crippen LogP contribution in [-0.2, 0) is 6.54 Å². The third-order valence-electron chi connectivity index (χ3n) is 11.0. The van der Waals surface area contributed by atoms with Gasteiger partial charge in [0.1, 0.15) is 22.3 Å². The van der Waals surface area contributed by atoms with Gasteiger partial charge in [-0.1, -0.05) is 121 Å². The minimum atomic E-state index is 0.458. The Morgan fingerprint density at radius 1 is 0.473 bits per heavy atom. The van der Waals surface area contributed by atoms with Gasteiger partial charge in [0.2, 0.25) is 0 Å². The molecule has 0 N–H and O–H groups in total. The summed E-state index contributed by atoms with van der Waals surface area (Å²) >= 11 is 0. The summed E-state index contributed by atoms with van der Waals surface area (Å²) in [5, 5.41) is 14.4. The van der Waals surface area contributed by atoms with Gasteiger partial charge >= 0.3 is 0 Å². The number of para-hydroxylation sites is 4. The minimum absolute atomic E-state index is 0.458. The van der Waals surface area contributed by atoms with Crippen LogP contribution in [-0.4, -0.2) is 19.3 Å². The van der Waals surface area contributed by atoms with Crippen LogP contribution in [0.15, 0.2) is 179 Å². The van der Waals surface area contributed by atoms with E-state index in [0.717, 1.165) is 83.1 Å². The standard InChI is InChI=1S/C49H30N4O2/c1-2-13-30(14-3-1)49-50-48(38-21-12-20-37-35-18-7-11-24-45(35)55-47(37)38)51-52(49)29-33-26-40-36-19-8-10-23-44(36)54-46(40)28-42(33)53-41-22-9-6-17-34(41)39-25-31-15-4-5-16-32(31)27-43(39)53/h1-28H,29H2. The van der Waals surface area contributed by atoms with E-state index in [0.29, 0.717) is 12.4 Å². The molecule has 0 atom stereocenters. The summed E-state index contributed by atoms with van der Waals surface area (Å²) in [6.45, 7) is 0.458. The second-order valence-corrected chi connectivity index (χ2v) is 14.2. The fraction of sp³-hybridized carbons (Fsp3) is 0.0204. The van der Waals surface area contributed by atoms with Gasteiger partial charge in [-0.15, -0.1) is 5.10 Å². The molecule has 0 amide bonds. The van der Waals surface area contributed by atoms with Gasteiger partial charge in [-0.2, -0.15) is 0 Å². The van der Waals surface area contributed by atoms with E-state index in [1.807, 2.05) is 53.2 Å². The van der Waals surface area contributed by atoms with E-state index in [-0.39, 0.29) is 0 Å². The van der Waals surface area contributed by atoms with Gasteiger partial charge in [-0.05, 0) is 58.8 Å². The number of hydrogen-bond donors (Lipinski definition) is 0. The molecule has 258 valence electrons. The van der Waals surface area contributed by atoms with Gasteiger partial charge in [0.15, 0.2) is 11.6 Å². The lowest BCUT2D eigenvalue weighted by molar-refractivity contribution is 0.665.